The molecule has 0 radical (unpaired) electrons. The van der Waals surface area contributed by atoms with Gasteiger partial charge in [0.05, 0.1) is 11.5 Å². The molecule has 0 N–H and O–H groups in total. The Hall–Kier alpha value is -2.21. The lowest BCUT2D eigenvalue weighted by atomic mass is 10.0. The number of amides is 1. The maximum atomic E-state index is 12.2. The molecule has 0 unspecified atom stereocenters. The number of carbonyl (C=O) groups is 1. The Morgan fingerprint density at radius 2 is 1.86 bits per heavy atom. The minimum Gasteiger partial charge on any atom is -0.308 e. The van der Waals surface area contributed by atoms with Crippen LogP contribution in [0.3, 0.4) is 0 Å². The molecule has 1 aliphatic heterocycles. The standard InChI is InChI=1S/C16H13BrN2O3/c17-13-4-7-15-12(9-13)3-8-16(20)18(15)10-11-1-5-14(6-2-11)19(21)22/h1-2,4-7,9H,3,8,10H2. The fourth-order valence-electron chi connectivity index (χ4n) is 2.61. The summed E-state index contributed by atoms with van der Waals surface area (Å²) in [5.41, 5.74) is 2.97. The van der Waals surface area contributed by atoms with Crippen molar-refractivity contribution in [1.29, 1.82) is 0 Å². The molecule has 0 spiro atoms. The third-order valence-electron chi connectivity index (χ3n) is 3.73. The van der Waals surface area contributed by atoms with Crippen LogP contribution in [0.25, 0.3) is 0 Å². The minimum atomic E-state index is -0.428. The van der Waals surface area contributed by atoms with E-state index in [0.717, 1.165) is 27.7 Å². The van der Waals surface area contributed by atoms with E-state index in [1.807, 2.05) is 18.2 Å². The Kier molecular flexibility index (Phi) is 3.94. The van der Waals surface area contributed by atoms with Crippen LogP contribution in [0.4, 0.5) is 11.4 Å². The Bertz CT molecular complexity index is 744. The third kappa shape index (κ3) is 2.87. The molecule has 22 heavy (non-hydrogen) atoms. The van der Waals surface area contributed by atoms with Gasteiger partial charge in [0.2, 0.25) is 5.91 Å². The molecule has 112 valence electrons. The molecule has 0 aromatic heterocycles. The van der Waals surface area contributed by atoms with Crippen molar-refractivity contribution in [2.75, 3.05) is 4.90 Å². The van der Waals surface area contributed by atoms with Gasteiger partial charge in [0.25, 0.3) is 5.69 Å². The molecule has 6 heteroatoms. The summed E-state index contributed by atoms with van der Waals surface area (Å²) in [7, 11) is 0. The SMILES string of the molecule is O=C1CCc2cc(Br)ccc2N1Cc1ccc([N+](=O)[O-])cc1. The third-order valence-corrected chi connectivity index (χ3v) is 4.22. The smallest absolute Gasteiger partial charge is 0.269 e. The fraction of sp³-hybridized carbons (Fsp3) is 0.188. The summed E-state index contributed by atoms with van der Waals surface area (Å²) >= 11 is 3.45. The van der Waals surface area contributed by atoms with Crippen LogP contribution in [0.15, 0.2) is 46.9 Å². The van der Waals surface area contributed by atoms with Crippen LogP contribution in [0, 0.1) is 10.1 Å². The quantitative estimate of drug-likeness (QED) is 0.616. The van der Waals surface area contributed by atoms with E-state index in [-0.39, 0.29) is 11.6 Å². The topological polar surface area (TPSA) is 63.5 Å². The molecule has 5 nitrogen and oxygen atoms in total. The van der Waals surface area contributed by atoms with Crippen LogP contribution < -0.4 is 4.90 Å². The number of nitrogens with zero attached hydrogens (tertiary/aromatic N) is 2. The van der Waals surface area contributed by atoms with Gasteiger partial charge in [0, 0.05) is 28.7 Å². The average molecular weight is 361 g/mol. The number of hydrogen-bond donors (Lipinski definition) is 0. The maximum absolute atomic E-state index is 12.2. The van der Waals surface area contributed by atoms with E-state index in [0.29, 0.717) is 13.0 Å². The van der Waals surface area contributed by atoms with Crippen LogP contribution in [-0.2, 0) is 17.8 Å². The molecule has 1 amide bonds. The maximum Gasteiger partial charge on any atom is 0.269 e. The highest BCUT2D eigenvalue weighted by atomic mass is 79.9. The zero-order valence-corrected chi connectivity index (χ0v) is 13.2. The fourth-order valence-corrected chi connectivity index (χ4v) is 3.02. The van der Waals surface area contributed by atoms with Crippen molar-refractivity contribution in [3.05, 3.63) is 68.2 Å². The molecule has 3 rings (SSSR count). The first kappa shape index (κ1) is 14.7. The van der Waals surface area contributed by atoms with Gasteiger partial charge in [-0.3, -0.25) is 14.9 Å². The number of anilines is 1. The second-order valence-corrected chi connectivity index (χ2v) is 6.09. The van der Waals surface area contributed by atoms with Crippen LogP contribution in [0.1, 0.15) is 17.5 Å². The second kappa shape index (κ2) is 5.88. The van der Waals surface area contributed by atoms with Crippen LogP contribution in [-0.4, -0.2) is 10.8 Å². The Labute approximate surface area is 135 Å². The first-order valence-electron chi connectivity index (χ1n) is 6.87. The molecule has 0 aliphatic carbocycles. The first-order chi connectivity index (χ1) is 10.5. The number of rotatable bonds is 3. The van der Waals surface area contributed by atoms with Crippen molar-refractivity contribution in [2.45, 2.75) is 19.4 Å². The number of non-ortho nitro benzene ring substituents is 1. The normalized spacial score (nSPS) is 13.9. The van der Waals surface area contributed by atoms with E-state index in [4.69, 9.17) is 0 Å². The summed E-state index contributed by atoms with van der Waals surface area (Å²) in [6.07, 6.45) is 1.22. The molecule has 0 saturated heterocycles. The van der Waals surface area contributed by atoms with E-state index in [1.165, 1.54) is 12.1 Å². The molecule has 0 atom stereocenters. The lowest BCUT2D eigenvalue weighted by molar-refractivity contribution is -0.384. The summed E-state index contributed by atoms with van der Waals surface area (Å²) < 4.78 is 0.996. The van der Waals surface area contributed by atoms with Gasteiger partial charge in [-0.1, -0.05) is 28.1 Å². The predicted octanol–water partition coefficient (Wildman–Crippen LogP) is 3.84. The summed E-state index contributed by atoms with van der Waals surface area (Å²) in [5, 5.41) is 10.7. The molecule has 1 aliphatic rings. The first-order valence-corrected chi connectivity index (χ1v) is 7.66. The number of fused-ring (bicyclic) bond motifs is 1. The Balaban J connectivity index is 1.88. The number of aryl methyl sites for hydroxylation is 1. The average Bonchev–Trinajstić information content (AvgIpc) is 2.50. The van der Waals surface area contributed by atoms with E-state index in [1.54, 1.807) is 17.0 Å². The predicted molar refractivity (Wildman–Crippen MR) is 86.7 cm³/mol. The summed E-state index contributed by atoms with van der Waals surface area (Å²) in [4.78, 5) is 24.2. The number of benzene rings is 2. The molecule has 0 bridgehead atoms. The highest BCUT2D eigenvalue weighted by Crippen LogP contribution is 2.31. The minimum absolute atomic E-state index is 0.0538. The molecule has 1 heterocycles. The Morgan fingerprint density at radius 1 is 1.14 bits per heavy atom. The van der Waals surface area contributed by atoms with Gasteiger partial charge < -0.3 is 4.90 Å². The zero-order chi connectivity index (χ0) is 15.7. The van der Waals surface area contributed by atoms with Gasteiger partial charge >= 0.3 is 0 Å². The van der Waals surface area contributed by atoms with Crippen LogP contribution >= 0.6 is 15.9 Å². The summed E-state index contributed by atoms with van der Waals surface area (Å²) in [6, 6.07) is 12.2. The van der Waals surface area contributed by atoms with Gasteiger partial charge in [0.1, 0.15) is 0 Å². The van der Waals surface area contributed by atoms with Crippen molar-refractivity contribution in [2.24, 2.45) is 0 Å². The molecule has 0 saturated carbocycles. The van der Waals surface area contributed by atoms with E-state index in [2.05, 4.69) is 15.9 Å². The van der Waals surface area contributed by atoms with Gasteiger partial charge in [0.15, 0.2) is 0 Å². The lowest BCUT2D eigenvalue weighted by Crippen LogP contribution is -2.34. The monoisotopic (exact) mass is 360 g/mol. The number of nitro benzene ring substituents is 1. The number of halogens is 1. The van der Waals surface area contributed by atoms with Gasteiger partial charge in [-0.2, -0.15) is 0 Å². The molecular weight excluding hydrogens is 348 g/mol. The van der Waals surface area contributed by atoms with Crippen molar-refractivity contribution < 1.29 is 9.72 Å². The highest BCUT2D eigenvalue weighted by molar-refractivity contribution is 9.10. The van der Waals surface area contributed by atoms with Crippen molar-refractivity contribution in [3.63, 3.8) is 0 Å². The van der Waals surface area contributed by atoms with Crippen LogP contribution in [0.2, 0.25) is 0 Å². The van der Waals surface area contributed by atoms with Crippen molar-refractivity contribution >= 4 is 33.2 Å². The summed E-state index contributed by atoms with van der Waals surface area (Å²) in [5.74, 6) is 0.0770. The lowest BCUT2D eigenvalue weighted by Gasteiger charge is -2.29. The van der Waals surface area contributed by atoms with Gasteiger partial charge in [-0.25, -0.2) is 0 Å². The Morgan fingerprint density at radius 3 is 2.55 bits per heavy atom. The van der Waals surface area contributed by atoms with Crippen LogP contribution in [0.5, 0.6) is 0 Å². The molecule has 2 aromatic carbocycles. The van der Waals surface area contributed by atoms with Gasteiger partial charge in [-0.15, -0.1) is 0 Å². The van der Waals surface area contributed by atoms with Crippen molar-refractivity contribution in [3.8, 4) is 0 Å². The van der Waals surface area contributed by atoms with E-state index < -0.39 is 4.92 Å². The molecule has 2 aromatic rings. The molecular formula is C16H13BrN2O3. The highest BCUT2D eigenvalue weighted by Gasteiger charge is 2.24. The number of hydrogen-bond acceptors (Lipinski definition) is 3. The van der Waals surface area contributed by atoms with E-state index >= 15 is 0 Å². The largest absolute Gasteiger partial charge is 0.308 e. The molecule has 0 fully saturated rings. The second-order valence-electron chi connectivity index (χ2n) is 5.18. The summed E-state index contributed by atoms with van der Waals surface area (Å²) in [6.45, 7) is 0.422. The number of carbonyl (C=O) groups excluding carboxylic acids is 1. The zero-order valence-electron chi connectivity index (χ0n) is 11.7. The van der Waals surface area contributed by atoms with Crippen molar-refractivity contribution in [1.82, 2.24) is 0 Å². The van der Waals surface area contributed by atoms with Gasteiger partial charge in [-0.05, 0) is 35.7 Å². The van der Waals surface area contributed by atoms with E-state index in [9.17, 15) is 14.9 Å². The number of nitro groups is 1.